The van der Waals surface area contributed by atoms with Crippen LogP contribution in [0.15, 0.2) is 22.7 Å². The van der Waals surface area contributed by atoms with Gasteiger partial charge in [-0.1, -0.05) is 40.0 Å². The molecule has 0 aliphatic heterocycles. The van der Waals surface area contributed by atoms with Crippen molar-refractivity contribution >= 4 is 39.3 Å². The summed E-state index contributed by atoms with van der Waals surface area (Å²) in [7, 11) is 0. The van der Waals surface area contributed by atoms with Gasteiger partial charge in [0.25, 0.3) is 0 Å². The minimum absolute atomic E-state index is 0.660. The molecule has 0 radical (unpaired) electrons. The van der Waals surface area contributed by atoms with Gasteiger partial charge in [0.1, 0.15) is 0 Å². The van der Waals surface area contributed by atoms with Gasteiger partial charge in [-0.25, -0.2) is 0 Å². The molecule has 1 aromatic carbocycles. The molecule has 1 N–H and O–H groups in total. The van der Waals surface area contributed by atoms with Crippen LogP contribution in [0.2, 0.25) is 5.02 Å². The van der Waals surface area contributed by atoms with Gasteiger partial charge in [0.05, 0.1) is 0 Å². The van der Waals surface area contributed by atoms with Crippen LogP contribution in [0.25, 0.3) is 0 Å². The summed E-state index contributed by atoms with van der Waals surface area (Å²) in [5, 5.41) is 5.23. The van der Waals surface area contributed by atoms with Crippen molar-refractivity contribution in [2.75, 3.05) is 6.26 Å². The molecule has 1 aromatic rings. The molecule has 1 saturated carbocycles. The maximum absolute atomic E-state index is 5.94. The van der Waals surface area contributed by atoms with Gasteiger partial charge in [0.15, 0.2) is 0 Å². The highest BCUT2D eigenvalue weighted by molar-refractivity contribution is 9.10. The first-order valence-electron chi connectivity index (χ1n) is 5.91. The van der Waals surface area contributed by atoms with Crippen molar-refractivity contribution in [3.05, 3.63) is 33.3 Å². The molecule has 1 fully saturated rings. The Kier molecular flexibility index (Phi) is 5.22. The van der Waals surface area contributed by atoms with E-state index in [0.29, 0.717) is 6.04 Å². The molecule has 0 amide bonds. The lowest BCUT2D eigenvalue weighted by molar-refractivity contribution is 0.531. The number of halogens is 2. The minimum Gasteiger partial charge on any atom is -0.309 e. The van der Waals surface area contributed by atoms with Gasteiger partial charge in [-0.3, -0.25) is 0 Å². The standard InChI is InChI=1S/C13H17BrClNS/c1-17-13-4-2-3-12(13)16-8-9-5-6-10(15)7-11(9)14/h5-7,12-13,16H,2-4,8H2,1H3. The highest BCUT2D eigenvalue weighted by Gasteiger charge is 2.25. The Balaban J connectivity index is 1.93. The lowest BCUT2D eigenvalue weighted by Gasteiger charge is -2.19. The largest absolute Gasteiger partial charge is 0.309 e. The van der Waals surface area contributed by atoms with Gasteiger partial charge in [-0.15, -0.1) is 0 Å². The Labute approximate surface area is 121 Å². The molecule has 0 spiro atoms. The molecule has 94 valence electrons. The summed E-state index contributed by atoms with van der Waals surface area (Å²) in [6.45, 7) is 0.916. The van der Waals surface area contributed by atoms with Crippen molar-refractivity contribution in [2.45, 2.75) is 37.1 Å². The summed E-state index contributed by atoms with van der Waals surface area (Å²) in [5.74, 6) is 0. The van der Waals surface area contributed by atoms with Crippen LogP contribution in [0.5, 0.6) is 0 Å². The topological polar surface area (TPSA) is 12.0 Å². The number of rotatable bonds is 4. The Hall–Kier alpha value is 0.300. The summed E-state index contributed by atoms with van der Waals surface area (Å²) in [6, 6.07) is 6.65. The van der Waals surface area contributed by atoms with Gasteiger partial charge < -0.3 is 5.32 Å². The van der Waals surface area contributed by atoms with Crippen LogP contribution in [0.3, 0.4) is 0 Å². The summed E-state index contributed by atoms with van der Waals surface area (Å²) >= 11 is 11.5. The molecule has 0 bridgehead atoms. The first-order chi connectivity index (χ1) is 8.20. The lowest BCUT2D eigenvalue weighted by atomic mass is 10.2. The van der Waals surface area contributed by atoms with E-state index in [4.69, 9.17) is 11.6 Å². The number of hydrogen-bond acceptors (Lipinski definition) is 2. The zero-order chi connectivity index (χ0) is 12.3. The fourth-order valence-electron chi connectivity index (χ4n) is 2.35. The van der Waals surface area contributed by atoms with E-state index in [0.717, 1.165) is 21.3 Å². The fourth-order valence-corrected chi connectivity index (χ4v) is 4.13. The van der Waals surface area contributed by atoms with E-state index in [1.807, 2.05) is 23.9 Å². The normalized spacial score (nSPS) is 24.2. The maximum atomic E-state index is 5.94. The third-order valence-corrected chi connectivity index (χ3v) is 5.47. The summed E-state index contributed by atoms with van der Waals surface area (Å²) in [5.41, 5.74) is 1.28. The predicted octanol–water partition coefficient (Wildman–Crippen LogP) is 4.48. The zero-order valence-electron chi connectivity index (χ0n) is 9.88. The van der Waals surface area contributed by atoms with Gasteiger partial charge >= 0.3 is 0 Å². The van der Waals surface area contributed by atoms with E-state index < -0.39 is 0 Å². The number of nitrogens with one attached hydrogen (secondary N) is 1. The number of benzene rings is 1. The number of thioether (sulfide) groups is 1. The van der Waals surface area contributed by atoms with Gasteiger partial charge in [0, 0.05) is 27.3 Å². The molecule has 0 saturated heterocycles. The smallest absolute Gasteiger partial charge is 0.0417 e. The van der Waals surface area contributed by atoms with Gasteiger partial charge in [-0.2, -0.15) is 11.8 Å². The Morgan fingerprint density at radius 3 is 3.00 bits per heavy atom. The Morgan fingerprint density at radius 1 is 1.47 bits per heavy atom. The van der Waals surface area contributed by atoms with Crippen LogP contribution in [-0.2, 0) is 6.54 Å². The van der Waals surface area contributed by atoms with Crippen molar-refractivity contribution in [1.29, 1.82) is 0 Å². The maximum Gasteiger partial charge on any atom is 0.0417 e. The molecule has 0 heterocycles. The first-order valence-corrected chi connectivity index (χ1v) is 8.36. The van der Waals surface area contributed by atoms with Crippen LogP contribution >= 0.6 is 39.3 Å². The molecular formula is C13H17BrClNS. The number of hydrogen-bond donors (Lipinski definition) is 1. The molecule has 0 aromatic heterocycles. The average molecular weight is 335 g/mol. The second-order valence-corrected chi connectivity index (χ2v) is 6.80. The van der Waals surface area contributed by atoms with Crippen molar-refractivity contribution in [3.8, 4) is 0 Å². The van der Waals surface area contributed by atoms with Gasteiger partial charge in [-0.05, 0) is 36.8 Å². The fraction of sp³-hybridized carbons (Fsp3) is 0.538. The van der Waals surface area contributed by atoms with Crippen LogP contribution < -0.4 is 5.32 Å². The first kappa shape index (κ1) is 13.7. The van der Waals surface area contributed by atoms with Crippen molar-refractivity contribution in [3.63, 3.8) is 0 Å². The van der Waals surface area contributed by atoms with Gasteiger partial charge in [0.2, 0.25) is 0 Å². The van der Waals surface area contributed by atoms with E-state index in [-0.39, 0.29) is 0 Å². The van der Waals surface area contributed by atoms with Crippen LogP contribution in [0.4, 0.5) is 0 Å². The quantitative estimate of drug-likeness (QED) is 0.871. The van der Waals surface area contributed by atoms with Crippen LogP contribution in [0, 0.1) is 0 Å². The minimum atomic E-state index is 0.660. The molecule has 17 heavy (non-hydrogen) atoms. The zero-order valence-corrected chi connectivity index (χ0v) is 13.0. The predicted molar refractivity (Wildman–Crippen MR) is 80.9 cm³/mol. The van der Waals surface area contributed by atoms with E-state index in [2.05, 4.69) is 33.6 Å². The van der Waals surface area contributed by atoms with E-state index in [9.17, 15) is 0 Å². The molecule has 2 unspecified atom stereocenters. The lowest BCUT2D eigenvalue weighted by Crippen LogP contribution is -2.33. The molecule has 1 aliphatic carbocycles. The third kappa shape index (κ3) is 3.63. The van der Waals surface area contributed by atoms with E-state index >= 15 is 0 Å². The summed E-state index contributed by atoms with van der Waals surface area (Å²) in [4.78, 5) is 0. The monoisotopic (exact) mass is 333 g/mol. The second-order valence-electron chi connectivity index (χ2n) is 4.43. The van der Waals surface area contributed by atoms with E-state index in [1.165, 1.54) is 24.8 Å². The van der Waals surface area contributed by atoms with Crippen molar-refractivity contribution < 1.29 is 0 Å². The highest BCUT2D eigenvalue weighted by atomic mass is 79.9. The van der Waals surface area contributed by atoms with Crippen molar-refractivity contribution in [1.82, 2.24) is 5.32 Å². The Morgan fingerprint density at radius 2 is 2.29 bits per heavy atom. The van der Waals surface area contributed by atoms with Crippen molar-refractivity contribution in [2.24, 2.45) is 0 Å². The SMILES string of the molecule is CSC1CCCC1NCc1ccc(Cl)cc1Br. The second kappa shape index (κ2) is 6.46. The molecule has 2 rings (SSSR count). The Bertz CT molecular complexity index is 386. The summed E-state index contributed by atoms with van der Waals surface area (Å²) in [6.07, 6.45) is 6.21. The summed E-state index contributed by atoms with van der Waals surface area (Å²) < 4.78 is 1.09. The van der Waals surface area contributed by atoms with E-state index in [1.54, 1.807) is 0 Å². The average Bonchev–Trinajstić information content (AvgIpc) is 2.75. The highest BCUT2D eigenvalue weighted by Crippen LogP contribution is 2.29. The molecule has 1 nitrogen and oxygen atoms in total. The third-order valence-electron chi connectivity index (χ3n) is 3.33. The van der Waals surface area contributed by atoms with Crippen LogP contribution in [0.1, 0.15) is 24.8 Å². The molecule has 4 heteroatoms. The molecule has 2 atom stereocenters. The molecular weight excluding hydrogens is 318 g/mol. The molecule has 1 aliphatic rings. The van der Waals surface area contributed by atoms with Crippen LogP contribution in [-0.4, -0.2) is 17.5 Å².